The number of aromatic nitrogens is 2. The van der Waals surface area contributed by atoms with Crippen molar-refractivity contribution in [2.24, 2.45) is 4.99 Å². The highest BCUT2D eigenvalue weighted by Gasteiger charge is 2.31. The van der Waals surface area contributed by atoms with Crippen LogP contribution in [0.5, 0.6) is 11.5 Å². The first-order valence-electron chi connectivity index (χ1n) is 8.57. The maximum Gasteiger partial charge on any atom is 0.231 e. The Kier molecular flexibility index (Phi) is 3.72. The van der Waals surface area contributed by atoms with E-state index >= 15 is 0 Å². The third-order valence-corrected chi connectivity index (χ3v) is 5.84. The summed E-state index contributed by atoms with van der Waals surface area (Å²) in [6, 6.07) is 12.3. The van der Waals surface area contributed by atoms with Gasteiger partial charge in [0.1, 0.15) is 5.82 Å². The van der Waals surface area contributed by atoms with Gasteiger partial charge in [-0.3, -0.25) is 0 Å². The summed E-state index contributed by atoms with van der Waals surface area (Å²) in [5.41, 5.74) is 3.87. The maximum atomic E-state index is 13.3. The van der Waals surface area contributed by atoms with E-state index in [1.54, 1.807) is 28.6 Å². The van der Waals surface area contributed by atoms with E-state index in [-0.39, 0.29) is 17.9 Å². The second-order valence-electron chi connectivity index (χ2n) is 6.45. The molecule has 2 aliphatic rings. The van der Waals surface area contributed by atoms with Gasteiger partial charge in [0.15, 0.2) is 17.3 Å². The van der Waals surface area contributed by atoms with Gasteiger partial charge in [-0.15, -0.1) is 0 Å². The fourth-order valence-corrected chi connectivity index (χ4v) is 4.58. The molecule has 2 aliphatic heterocycles. The van der Waals surface area contributed by atoms with Crippen LogP contribution in [0.25, 0.3) is 5.69 Å². The summed E-state index contributed by atoms with van der Waals surface area (Å²) in [5.74, 6) is 2.05. The highest BCUT2D eigenvalue weighted by molar-refractivity contribution is 8.14. The van der Waals surface area contributed by atoms with E-state index in [1.807, 2.05) is 26.0 Å². The third kappa shape index (κ3) is 2.70. The number of nitrogens with zero attached hydrogens (tertiary/aromatic N) is 3. The molecule has 2 aromatic carbocycles. The van der Waals surface area contributed by atoms with Crippen molar-refractivity contribution in [1.29, 1.82) is 0 Å². The molecule has 0 aliphatic carbocycles. The Morgan fingerprint density at radius 1 is 1.07 bits per heavy atom. The van der Waals surface area contributed by atoms with Gasteiger partial charge < -0.3 is 9.47 Å². The topological polar surface area (TPSA) is 48.6 Å². The van der Waals surface area contributed by atoms with Crippen LogP contribution in [0.3, 0.4) is 0 Å². The predicted octanol–water partition coefficient (Wildman–Crippen LogP) is 4.93. The molecule has 0 amide bonds. The predicted molar refractivity (Wildman–Crippen MR) is 103 cm³/mol. The summed E-state index contributed by atoms with van der Waals surface area (Å²) in [6.45, 7) is 4.23. The molecule has 0 saturated heterocycles. The Labute approximate surface area is 159 Å². The fourth-order valence-electron chi connectivity index (χ4n) is 3.42. The fraction of sp³-hybridized carbons (Fsp3) is 0.200. The Bertz CT molecular complexity index is 1080. The Balaban J connectivity index is 1.64. The molecule has 0 radical (unpaired) electrons. The highest BCUT2D eigenvalue weighted by atomic mass is 32.2. The van der Waals surface area contributed by atoms with Gasteiger partial charge in [-0.25, -0.2) is 14.1 Å². The molecule has 5 nitrogen and oxygen atoms in total. The monoisotopic (exact) mass is 381 g/mol. The van der Waals surface area contributed by atoms with Gasteiger partial charge in [0.2, 0.25) is 6.79 Å². The zero-order chi connectivity index (χ0) is 18.5. The molecule has 1 aromatic heterocycles. The zero-order valence-corrected chi connectivity index (χ0v) is 15.6. The van der Waals surface area contributed by atoms with E-state index < -0.39 is 0 Å². The average molecular weight is 381 g/mol. The van der Waals surface area contributed by atoms with Gasteiger partial charge >= 0.3 is 0 Å². The number of ether oxygens (including phenoxy) is 2. The van der Waals surface area contributed by atoms with Crippen LogP contribution in [0, 0.1) is 12.7 Å². The Hall–Kier alpha value is -2.80. The molecule has 7 heteroatoms. The first kappa shape index (κ1) is 16.4. The van der Waals surface area contributed by atoms with Crippen LogP contribution < -0.4 is 9.47 Å². The molecule has 0 saturated carbocycles. The molecule has 1 atom stereocenters. The molecule has 136 valence electrons. The van der Waals surface area contributed by atoms with Crippen molar-refractivity contribution in [3.8, 4) is 17.2 Å². The van der Waals surface area contributed by atoms with Crippen molar-refractivity contribution < 1.29 is 13.9 Å². The molecule has 3 heterocycles. The van der Waals surface area contributed by atoms with Gasteiger partial charge in [0.05, 0.1) is 21.7 Å². The van der Waals surface area contributed by atoms with E-state index in [0.29, 0.717) is 0 Å². The number of aryl methyl sites for hydroxylation is 1. The number of hydrogen-bond donors (Lipinski definition) is 0. The van der Waals surface area contributed by atoms with Gasteiger partial charge in [-0.05, 0) is 55.8 Å². The molecule has 0 bridgehead atoms. The van der Waals surface area contributed by atoms with Crippen LogP contribution in [0.15, 0.2) is 47.5 Å². The normalized spacial score (nSPS) is 17.6. The lowest BCUT2D eigenvalue weighted by molar-refractivity contribution is 0.174. The van der Waals surface area contributed by atoms with E-state index in [2.05, 4.69) is 6.07 Å². The smallest absolute Gasteiger partial charge is 0.231 e. The lowest BCUT2D eigenvalue weighted by Crippen LogP contribution is -2.06. The lowest BCUT2D eigenvalue weighted by Gasteiger charge is -2.22. The van der Waals surface area contributed by atoms with Crippen molar-refractivity contribution in [1.82, 2.24) is 9.78 Å². The number of aliphatic imine (C=N–C) groups is 1. The van der Waals surface area contributed by atoms with Crippen molar-refractivity contribution in [2.45, 2.75) is 19.1 Å². The second-order valence-corrected chi connectivity index (χ2v) is 7.75. The average Bonchev–Trinajstić information content (AvgIpc) is 3.26. The number of halogens is 1. The molecule has 0 N–H and O–H groups in total. The minimum absolute atomic E-state index is 0.0567. The van der Waals surface area contributed by atoms with E-state index in [0.717, 1.165) is 44.9 Å². The first-order valence-corrected chi connectivity index (χ1v) is 9.45. The maximum absolute atomic E-state index is 13.3. The van der Waals surface area contributed by atoms with Crippen LogP contribution in [0.2, 0.25) is 0 Å². The largest absolute Gasteiger partial charge is 0.454 e. The zero-order valence-electron chi connectivity index (χ0n) is 14.8. The van der Waals surface area contributed by atoms with Gasteiger partial charge in [0.25, 0.3) is 0 Å². The second kappa shape index (κ2) is 6.13. The summed E-state index contributed by atoms with van der Waals surface area (Å²) >= 11 is 1.69. The van der Waals surface area contributed by atoms with E-state index in [4.69, 9.17) is 19.6 Å². The molecule has 0 spiro atoms. The van der Waals surface area contributed by atoms with Gasteiger partial charge in [0, 0.05) is 5.56 Å². The molecule has 0 fully saturated rings. The van der Waals surface area contributed by atoms with Crippen LogP contribution >= 0.6 is 11.8 Å². The number of fused-ring (bicyclic) bond motifs is 2. The molecular weight excluding hydrogens is 365 g/mol. The molecule has 0 unspecified atom stereocenters. The summed E-state index contributed by atoms with van der Waals surface area (Å²) < 4.78 is 26.1. The highest BCUT2D eigenvalue weighted by Crippen LogP contribution is 2.49. The molecule has 3 aromatic rings. The first-order chi connectivity index (χ1) is 13.1. The van der Waals surface area contributed by atoms with Crippen LogP contribution in [0.1, 0.15) is 29.0 Å². The molecular formula is C20H16FN3O2S. The number of thioether (sulfide) groups is 1. The third-order valence-electron chi connectivity index (χ3n) is 4.67. The standard InChI is InChI=1S/C20H16FN3O2S/c1-11-18-19(13-3-8-16-17(9-13)26-10-25-16)27-12(2)22-20(18)24(23-11)15-6-4-14(21)5-7-15/h3-9,19H,10H2,1-2H3/t19-/m1/s1. The van der Waals surface area contributed by atoms with Gasteiger partial charge in [-0.2, -0.15) is 5.10 Å². The summed E-state index contributed by atoms with van der Waals surface area (Å²) in [4.78, 5) is 4.74. The summed E-state index contributed by atoms with van der Waals surface area (Å²) in [6.07, 6.45) is 0. The number of benzene rings is 2. The van der Waals surface area contributed by atoms with Crippen molar-refractivity contribution >= 4 is 22.6 Å². The van der Waals surface area contributed by atoms with Crippen molar-refractivity contribution in [3.63, 3.8) is 0 Å². The van der Waals surface area contributed by atoms with E-state index in [9.17, 15) is 4.39 Å². The lowest BCUT2D eigenvalue weighted by atomic mass is 10.0. The summed E-state index contributed by atoms with van der Waals surface area (Å²) in [5, 5.41) is 5.70. The van der Waals surface area contributed by atoms with Crippen LogP contribution in [-0.4, -0.2) is 21.6 Å². The SMILES string of the molecule is CC1=Nc2c(c(C)nn2-c2ccc(F)cc2)[C@@H](c2ccc3c(c2)OCO3)S1. The minimum Gasteiger partial charge on any atom is -0.454 e. The number of hydrogen-bond acceptors (Lipinski definition) is 5. The number of rotatable bonds is 2. The van der Waals surface area contributed by atoms with E-state index in [1.165, 1.54) is 12.1 Å². The quantitative estimate of drug-likeness (QED) is 0.631. The molecule has 5 rings (SSSR count). The van der Waals surface area contributed by atoms with Crippen LogP contribution in [-0.2, 0) is 0 Å². The van der Waals surface area contributed by atoms with Crippen molar-refractivity contribution in [2.75, 3.05) is 6.79 Å². The summed E-state index contributed by atoms with van der Waals surface area (Å²) in [7, 11) is 0. The van der Waals surface area contributed by atoms with Crippen molar-refractivity contribution in [3.05, 3.63) is 65.1 Å². The molecule has 27 heavy (non-hydrogen) atoms. The Morgan fingerprint density at radius 3 is 2.67 bits per heavy atom. The Morgan fingerprint density at radius 2 is 1.85 bits per heavy atom. The van der Waals surface area contributed by atoms with Crippen LogP contribution in [0.4, 0.5) is 10.2 Å². The van der Waals surface area contributed by atoms with Gasteiger partial charge in [-0.1, -0.05) is 17.8 Å². The minimum atomic E-state index is -0.273.